The summed E-state index contributed by atoms with van der Waals surface area (Å²) in [6.45, 7) is 0.949. The molecular weight excluding hydrogens is 527 g/mol. The number of ether oxygens (including phenoxy) is 3. The zero-order valence-electron chi connectivity index (χ0n) is 17.9. The second-order valence-electron chi connectivity index (χ2n) is 7.39. The van der Waals surface area contributed by atoms with Gasteiger partial charge in [0.05, 0.1) is 0 Å². The van der Waals surface area contributed by atoms with Crippen molar-refractivity contribution < 1.29 is 19.0 Å². The molecule has 0 aliphatic rings. The van der Waals surface area contributed by atoms with Crippen LogP contribution in [0, 0.1) is 3.57 Å². The van der Waals surface area contributed by atoms with Crippen molar-refractivity contribution in [2.75, 3.05) is 0 Å². The van der Waals surface area contributed by atoms with Gasteiger partial charge < -0.3 is 14.2 Å². The van der Waals surface area contributed by atoms with Crippen molar-refractivity contribution >= 4 is 28.6 Å². The molecule has 0 atom stereocenters. The monoisotopic (exact) mass is 550 g/mol. The molecule has 4 nitrogen and oxygen atoms in total. The van der Waals surface area contributed by atoms with Crippen molar-refractivity contribution in [3.63, 3.8) is 0 Å². The largest absolute Gasteiger partial charge is 0.489 e. The first-order chi connectivity index (χ1) is 16.2. The van der Waals surface area contributed by atoms with Crippen LogP contribution in [0.5, 0.6) is 11.5 Å². The smallest absolute Gasteiger partial charge is 0.343 e. The van der Waals surface area contributed by atoms with Crippen molar-refractivity contribution in [3.05, 3.63) is 129 Å². The Hall–Kier alpha value is -3.32. The van der Waals surface area contributed by atoms with Gasteiger partial charge in [0.1, 0.15) is 36.9 Å². The van der Waals surface area contributed by atoms with E-state index in [1.54, 1.807) is 6.07 Å². The maximum absolute atomic E-state index is 13.0. The van der Waals surface area contributed by atoms with E-state index in [0.29, 0.717) is 33.8 Å². The van der Waals surface area contributed by atoms with E-state index in [1.165, 1.54) is 0 Å². The molecule has 5 heteroatoms. The predicted molar refractivity (Wildman–Crippen MR) is 136 cm³/mol. The summed E-state index contributed by atoms with van der Waals surface area (Å²) in [7, 11) is 0. The Kier molecular flexibility index (Phi) is 7.98. The van der Waals surface area contributed by atoms with Crippen molar-refractivity contribution in [3.8, 4) is 11.5 Å². The van der Waals surface area contributed by atoms with Gasteiger partial charge in [-0.3, -0.25) is 0 Å². The summed E-state index contributed by atoms with van der Waals surface area (Å²) < 4.78 is 18.4. The van der Waals surface area contributed by atoms with E-state index in [4.69, 9.17) is 14.2 Å². The molecule has 4 aromatic carbocycles. The van der Waals surface area contributed by atoms with Gasteiger partial charge in [-0.25, -0.2) is 4.79 Å². The Bertz CT molecular complexity index is 1180. The molecule has 166 valence electrons. The first-order valence-corrected chi connectivity index (χ1v) is 11.6. The summed E-state index contributed by atoms with van der Waals surface area (Å²) in [6, 6.07) is 33.0. The molecule has 0 spiro atoms. The molecule has 33 heavy (non-hydrogen) atoms. The Morgan fingerprint density at radius 1 is 0.636 bits per heavy atom. The molecule has 0 unspecified atom stereocenters. The third-order valence-corrected chi connectivity index (χ3v) is 5.78. The van der Waals surface area contributed by atoms with Crippen molar-refractivity contribution in [2.24, 2.45) is 0 Å². The standard InChI is InChI=1S/C28H23IO4/c29-25-16-24(31-18-21-10-4-1-5-11-21)17-26(32-19-22-12-6-2-7-13-22)27(25)28(30)33-20-23-14-8-3-9-15-23/h1-17H,18-20H2. The van der Waals surface area contributed by atoms with Crippen LogP contribution < -0.4 is 9.47 Å². The van der Waals surface area contributed by atoms with E-state index < -0.39 is 5.97 Å². The average Bonchev–Trinajstić information content (AvgIpc) is 2.86. The molecule has 0 aromatic heterocycles. The van der Waals surface area contributed by atoms with Crippen LogP contribution in [-0.2, 0) is 24.6 Å². The molecule has 0 aliphatic carbocycles. The molecule has 0 bridgehead atoms. The molecule has 0 fully saturated rings. The molecule has 0 heterocycles. The average molecular weight is 550 g/mol. The van der Waals surface area contributed by atoms with Crippen LogP contribution in [-0.4, -0.2) is 5.97 Å². The molecule has 0 aliphatic heterocycles. The minimum atomic E-state index is -0.430. The van der Waals surface area contributed by atoms with Gasteiger partial charge in [-0.15, -0.1) is 0 Å². The summed E-state index contributed by atoms with van der Waals surface area (Å²) in [5, 5.41) is 0. The molecular formula is C28H23IO4. The molecule has 0 N–H and O–H groups in total. The predicted octanol–water partition coefficient (Wildman–Crippen LogP) is 6.81. The van der Waals surface area contributed by atoms with Crippen molar-refractivity contribution in [1.29, 1.82) is 0 Å². The topological polar surface area (TPSA) is 44.8 Å². The van der Waals surface area contributed by atoms with Crippen LogP contribution in [0.4, 0.5) is 0 Å². The van der Waals surface area contributed by atoms with E-state index in [0.717, 1.165) is 16.7 Å². The maximum Gasteiger partial charge on any atom is 0.343 e. The normalized spacial score (nSPS) is 10.5. The fourth-order valence-electron chi connectivity index (χ4n) is 3.22. The van der Waals surface area contributed by atoms with Crippen molar-refractivity contribution in [2.45, 2.75) is 19.8 Å². The van der Waals surface area contributed by atoms with Crippen LogP contribution in [0.15, 0.2) is 103 Å². The Morgan fingerprint density at radius 2 is 1.12 bits per heavy atom. The summed E-state index contributed by atoms with van der Waals surface area (Å²) in [5.41, 5.74) is 3.39. The van der Waals surface area contributed by atoms with E-state index in [-0.39, 0.29) is 6.61 Å². The Balaban J connectivity index is 1.55. The number of esters is 1. The molecule has 0 radical (unpaired) electrons. The fourth-order valence-corrected chi connectivity index (χ4v) is 4.02. The van der Waals surface area contributed by atoms with Crippen molar-refractivity contribution in [1.82, 2.24) is 0 Å². The highest BCUT2D eigenvalue weighted by atomic mass is 127. The summed E-state index contributed by atoms with van der Waals surface area (Å²) in [6.07, 6.45) is 0. The highest BCUT2D eigenvalue weighted by molar-refractivity contribution is 14.1. The van der Waals surface area contributed by atoms with E-state index >= 15 is 0 Å². The first-order valence-electron chi connectivity index (χ1n) is 10.6. The maximum atomic E-state index is 13.0. The lowest BCUT2D eigenvalue weighted by atomic mass is 10.1. The zero-order chi connectivity index (χ0) is 22.9. The molecule has 0 saturated carbocycles. The quantitative estimate of drug-likeness (QED) is 0.170. The Labute approximate surface area is 207 Å². The summed E-state index contributed by atoms with van der Waals surface area (Å²) in [4.78, 5) is 13.0. The molecule has 0 amide bonds. The van der Waals surface area contributed by atoms with Gasteiger partial charge in [0.15, 0.2) is 0 Å². The van der Waals surface area contributed by atoms with Crippen LogP contribution >= 0.6 is 22.6 Å². The van der Waals surface area contributed by atoms with Gasteiger partial charge in [0.2, 0.25) is 0 Å². The number of rotatable bonds is 9. The molecule has 4 aromatic rings. The molecule has 0 saturated heterocycles. The van der Waals surface area contributed by atoms with Crippen LogP contribution in [0.25, 0.3) is 0 Å². The Morgan fingerprint density at radius 3 is 1.67 bits per heavy atom. The number of benzene rings is 4. The number of carbonyl (C=O) groups is 1. The molecule has 4 rings (SSSR count). The van der Waals surface area contributed by atoms with E-state index in [1.807, 2.05) is 97.1 Å². The first kappa shape index (κ1) is 22.9. The van der Waals surface area contributed by atoms with Gasteiger partial charge in [-0.1, -0.05) is 91.0 Å². The third-order valence-electron chi connectivity index (χ3n) is 4.93. The lowest BCUT2D eigenvalue weighted by Crippen LogP contribution is -2.11. The lowest BCUT2D eigenvalue weighted by molar-refractivity contribution is 0.0466. The van der Waals surface area contributed by atoms with Gasteiger partial charge >= 0.3 is 5.97 Å². The minimum absolute atomic E-state index is 0.195. The number of hydrogen-bond donors (Lipinski definition) is 0. The van der Waals surface area contributed by atoms with Gasteiger partial charge in [-0.05, 0) is 45.3 Å². The highest BCUT2D eigenvalue weighted by Crippen LogP contribution is 2.32. The van der Waals surface area contributed by atoms with Gasteiger partial charge in [0.25, 0.3) is 0 Å². The zero-order valence-corrected chi connectivity index (χ0v) is 20.1. The van der Waals surface area contributed by atoms with Crippen LogP contribution in [0.3, 0.4) is 0 Å². The SMILES string of the molecule is O=C(OCc1ccccc1)c1c(I)cc(OCc2ccccc2)cc1OCc1ccccc1. The lowest BCUT2D eigenvalue weighted by Gasteiger charge is -2.16. The second-order valence-corrected chi connectivity index (χ2v) is 8.55. The van der Waals surface area contributed by atoms with E-state index in [9.17, 15) is 4.79 Å². The minimum Gasteiger partial charge on any atom is -0.489 e. The third kappa shape index (κ3) is 6.58. The van der Waals surface area contributed by atoms with E-state index in [2.05, 4.69) is 22.6 Å². The number of hydrogen-bond acceptors (Lipinski definition) is 4. The van der Waals surface area contributed by atoms with Gasteiger partial charge in [-0.2, -0.15) is 0 Å². The highest BCUT2D eigenvalue weighted by Gasteiger charge is 2.21. The number of halogens is 1. The number of carbonyl (C=O) groups excluding carboxylic acids is 1. The van der Waals surface area contributed by atoms with Crippen LogP contribution in [0.2, 0.25) is 0 Å². The fraction of sp³-hybridized carbons (Fsp3) is 0.107. The van der Waals surface area contributed by atoms with Gasteiger partial charge in [0, 0.05) is 9.64 Å². The summed E-state index contributed by atoms with van der Waals surface area (Å²) in [5.74, 6) is 0.638. The van der Waals surface area contributed by atoms with Crippen LogP contribution in [0.1, 0.15) is 27.0 Å². The summed E-state index contributed by atoms with van der Waals surface area (Å²) >= 11 is 2.13. The second kappa shape index (κ2) is 11.5.